The maximum Gasteiger partial charge on any atom is 0.224 e. The highest BCUT2D eigenvalue weighted by molar-refractivity contribution is 5.79. The molecule has 0 bridgehead atoms. The molecule has 3 aromatic rings. The molecule has 33 heavy (non-hydrogen) atoms. The standard InChI is InChI=1S/C28H32N2O3/c1-22-19-26(11-12-27(22)33-18-15-30-13-16-32-17-14-30)25-9-7-23(8-10-25)20-28(31)29-21-24-5-3-2-4-6-24/h2-12,19H,13-18,20-21H2,1H3,(H,29,31). The van der Waals surface area contributed by atoms with Crippen molar-refractivity contribution in [2.45, 2.75) is 19.9 Å². The van der Waals surface area contributed by atoms with E-state index in [0.717, 1.165) is 66.4 Å². The van der Waals surface area contributed by atoms with Gasteiger partial charge in [-0.3, -0.25) is 9.69 Å². The predicted octanol–water partition coefficient (Wildman–Crippen LogP) is 4.23. The van der Waals surface area contributed by atoms with Gasteiger partial charge in [0.25, 0.3) is 0 Å². The molecule has 0 spiro atoms. The Bertz CT molecular complexity index is 1030. The van der Waals surface area contributed by atoms with E-state index in [2.05, 4.69) is 47.5 Å². The minimum Gasteiger partial charge on any atom is -0.492 e. The second-order valence-electron chi connectivity index (χ2n) is 8.42. The molecule has 1 fully saturated rings. The van der Waals surface area contributed by atoms with Crippen LogP contribution in [0.2, 0.25) is 0 Å². The summed E-state index contributed by atoms with van der Waals surface area (Å²) < 4.78 is 11.4. The first kappa shape index (κ1) is 23.0. The average Bonchev–Trinajstić information content (AvgIpc) is 2.85. The summed E-state index contributed by atoms with van der Waals surface area (Å²) in [6.07, 6.45) is 0.377. The van der Waals surface area contributed by atoms with Crippen molar-refractivity contribution in [2.24, 2.45) is 0 Å². The third kappa shape index (κ3) is 6.91. The third-order valence-electron chi connectivity index (χ3n) is 5.93. The molecule has 0 radical (unpaired) electrons. The highest BCUT2D eigenvalue weighted by atomic mass is 16.5. The van der Waals surface area contributed by atoms with E-state index in [1.165, 1.54) is 0 Å². The maximum absolute atomic E-state index is 12.3. The van der Waals surface area contributed by atoms with Crippen LogP contribution in [0.4, 0.5) is 0 Å². The van der Waals surface area contributed by atoms with Crippen LogP contribution in [0.1, 0.15) is 16.7 Å². The number of hydrogen-bond donors (Lipinski definition) is 1. The first-order chi connectivity index (χ1) is 16.2. The number of ether oxygens (including phenoxy) is 2. The molecule has 4 rings (SSSR count). The Hall–Kier alpha value is -3.15. The van der Waals surface area contributed by atoms with Gasteiger partial charge in [0.1, 0.15) is 12.4 Å². The van der Waals surface area contributed by atoms with Crippen molar-refractivity contribution in [1.29, 1.82) is 0 Å². The van der Waals surface area contributed by atoms with E-state index in [0.29, 0.717) is 19.6 Å². The van der Waals surface area contributed by atoms with Gasteiger partial charge in [0.15, 0.2) is 0 Å². The Balaban J connectivity index is 1.27. The molecule has 0 unspecified atom stereocenters. The van der Waals surface area contributed by atoms with Gasteiger partial charge < -0.3 is 14.8 Å². The van der Waals surface area contributed by atoms with Gasteiger partial charge in [-0.1, -0.05) is 60.7 Å². The zero-order valence-electron chi connectivity index (χ0n) is 19.3. The molecule has 3 aromatic carbocycles. The number of nitrogens with one attached hydrogen (secondary N) is 1. The number of hydrogen-bond acceptors (Lipinski definition) is 4. The molecule has 172 valence electrons. The number of carbonyl (C=O) groups excluding carboxylic acids is 1. The molecule has 1 heterocycles. The van der Waals surface area contributed by atoms with Crippen LogP contribution in [0.5, 0.6) is 5.75 Å². The molecule has 1 amide bonds. The summed E-state index contributed by atoms with van der Waals surface area (Å²) in [6.45, 7) is 7.82. The average molecular weight is 445 g/mol. The molecule has 5 heteroatoms. The quantitative estimate of drug-likeness (QED) is 0.537. The Morgan fingerprint density at radius 2 is 1.67 bits per heavy atom. The summed E-state index contributed by atoms with van der Waals surface area (Å²) in [7, 11) is 0. The van der Waals surface area contributed by atoms with E-state index in [1.807, 2.05) is 42.5 Å². The fourth-order valence-corrected chi connectivity index (χ4v) is 3.96. The zero-order valence-corrected chi connectivity index (χ0v) is 19.3. The lowest BCUT2D eigenvalue weighted by Gasteiger charge is -2.26. The lowest BCUT2D eigenvalue weighted by molar-refractivity contribution is -0.120. The SMILES string of the molecule is Cc1cc(-c2ccc(CC(=O)NCc3ccccc3)cc2)ccc1OCCN1CCOCC1. The van der Waals surface area contributed by atoms with Crippen molar-refractivity contribution < 1.29 is 14.3 Å². The van der Waals surface area contributed by atoms with Crippen LogP contribution in [-0.2, 0) is 22.5 Å². The van der Waals surface area contributed by atoms with Crippen molar-refractivity contribution in [3.8, 4) is 16.9 Å². The first-order valence-electron chi connectivity index (χ1n) is 11.6. The first-order valence-corrected chi connectivity index (χ1v) is 11.6. The number of benzene rings is 3. The van der Waals surface area contributed by atoms with Crippen LogP contribution in [0.15, 0.2) is 72.8 Å². The van der Waals surface area contributed by atoms with Crippen molar-refractivity contribution >= 4 is 5.91 Å². The van der Waals surface area contributed by atoms with Crippen molar-refractivity contribution in [2.75, 3.05) is 39.5 Å². The van der Waals surface area contributed by atoms with Crippen molar-refractivity contribution in [3.63, 3.8) is 0 Å². The Morgan fingerprint density at radius 1 is 0.939 bits per heavy atom. The fraction of sp³-hybridized carbons (Fsp3) is 0.321. The number of amides is 1. The summed E-state index contributed by atoms with van der Waals surface area (Å²) in [5.74, 6) is 0.958. The predicted molar refractivity (Wildman–Crippen MR) is 131 cm³/mol. The van der Waals surface area contributed by atoms with E-state index in [-0.39, 0.29) is 5.91 Å². The van der Waals surface area contributed by atoms with E-state index in [9.17, 15) is 4.79 Å². The largest absolute Gasteiger partial charge is 0.492 e. The van der Waals surface area contributed by atoms with Crippen LogP contribution in [0, 0.1) is 6.92 Å². The number of aryl methyl sites for hydroxylation is 1. The molecule has 1 N–H and O–H groups in total. The van der Waals surface area contributed by atoms with E-state index >= 15 is 0 Å². The molecule has 0 saturated carbocycles. The van der Waals surface area contributed by atoms with Gasteiger partial charge in [0.2, 0.25) is 5.91 Å². The Morgan fingerprint density at radius 3 is 2.39 bits per heavy atom. The van der Waals surface area contributed by atoms with Gasteiger partial charge in [-0.15, -0.1) is 0 Å². The lowest BCUT2D eigenvalue weighted by Crippen LogP contribution is -2.38. The number of nitrogens with zero attached hydrogens (tertiary/aromatic N) is 1. The number of carbonyl (C=O) groups is 1. The molecular weight excluding hydrogens is 412 g/mol. The minimum atomic E-state index is 0.0287. The van der Waals surface area contributed by atoms with Gasteiger partial charge in [-0.2, -0.15) is 0 Å². The van der Waals surface area contributed by atoms with Crippen LogP contribution in [-0.4, -0.2) is 50.3 Å². The van der Waals surface area contributed by atoms with Crippen LogP contribution in [0.25, 0.3) is 11.1 Å². The fourth-order valence-electron chi connectivity index (χ4n) is 3.96. The smallest absolute Gasteiger partial charge is 0.224 e. The van der Waals surface area contributed by atoms with E-state index in [1.54, 1.807) is 0 Å². The van der Waals surface area contributed by atoms with Crippen LogP contribution < -0.4 is 10.1 Å². The number of rotatable bonds is 9. The summed E-state index contributed by atoms with van der Waals surface area (Å²) >= 11 is 0. The molecule has 0 aliphatic carbocycles. The highest BCUT2D eigenvalue weighted by Crippen LogP contribution is 2.26. The maximum atomic E-state index is 12.3. The van der Waals surface area contributed by atoms with Crippen molar-refractivity contribution in [3.05, 3.63) is 89.5 Å². The highest BCUT2D eigenvalue weighted by Gasteiger charge is 2.11. The molecule has 1 aliphatic rings. The van der Waals surface area contributed by atoms with E-state index in [4.69, 9.17) is 9.47 Å². The summed E-state index contributed by atoms with van der Waals surface area (Å²) in [5.41, 5.74) is 5.51. The minimum absolute atomic E-state index is 0.0287. The topological polar surface area (TPSA) is 50.8 Å². The molecule has 0 atom stereocenters. The lowest BCUT2D eigenvalue weighted by atomic mass is 10.0. The van der Waals surface area contributed by atoms with Crippen molar-refractivity contribution in [1.82, 2.24) is 10.2 Å². The van der Waals surface area contributed by atoms with Gasteiger partial charge in [-0.05, 0) is 46.9 Å². The Kier molecular flexibility index (Phi) is 8.12. The van der Waals surface area contributed by atoms with Crippen LogP contribution in [0.3, 0.4) is 0 Å². The van der Waals surface area contributed by atoms with Gasteiger partial charge >= 0.3 is 0 Å². The van der Waals surface area contributed by atoms with Gasteiger partial charge in [0.05, 0.1) is 19.6 Å². The third-order valence-corrected chi connectivity index (χ3v) is 5.93. The second kappa shape index (κ2) is 11.6. The molecule has 1 aliphatic heterocycles. The van der Waals surface area contributed by atoms with Crippen LogP contribution >= 0.6 is 0 Å². The summed E-state index contributed by atoms with van der Waals surface area (Å²) in [6, 6.07) is 24.5. The summed E-state index contributed by atoms with van der Waals surface area (Å²) in [4.78, 5) is 14.6. The van der Waals surface area contributed by atoms with E-state index < -0.39 is 0 Å². The zero-order chi connectivity index (χ0) is 22.9. The molecular formula is C28H32N2O3. The second-order valence-corrected chi connectivity index (χ2v) is 8.42. The Labute approximate surface area is 196 Å². The molecule has 5 nitrogen and oxygen atoms in total. The van der Waals surface area contributed by atoms with Gasteiger partial charge in [0, 0.05) is 26.2 Å². The number of morpholine rings is 1. The molecule has 1 saturated heterocycles. The molecule has 0 aromatic heterocycles. The normalized spacial score (nSPS) is 14.1. The monoisotopic (exact) mass is 444 g/mol. The van der Waals surface area contributed by atoms with Gasteiger partial charge in [-0.25, -0.2) is 0 Å². The summed E-state index contributed by atoms with van der Waals surface area (Å²) in [5, 5.41) is 2.98.